The topological polar surface area (TPSA) is 37.3 Å². The fraction of sp³-hybridized carbons (Fsp3) is 0.500. The average Bonchev–Trinajstić information content (AvgIpc) is 1.87. The van der Waals surface area contributed by atoms with Gasteiger partial charge in [-0.2, -0.15) is 0 Å². The Morgan fingerprint density at radius 2 is 2.38 bits per heavy atom. The van der Waals surface area contributed by atoms with Crippen molar-refractivity contribution in [2.75, 3.05) is 0 Å². The van der Waals surface area contributed by atoms with E-state index in [9.17, 15) is 4.79 Å². The highest BCUT2D eigenvalue weighted by Gasteiger charge is 2.17. The molecule has 1 N–H and O–H groups in total. The molecule has 0 aliphatic rings. The standard InChI is InChI=1S/C6H10O2/c1-3-6(8,4-2)5-7/h3,5,8H,1,4H2,2H3. The third kappa shape index (κ3) is 1.46. The summed E-state index contributed by atoms with van der Waals surface area (Å²) in [7, 11) is 0. The van der Waals surface area contributed by atoms with Gasteiger partial charge in [-0.1, -0.05) is 19.6 Å². The van der Waals surface area contributed by atoms with Gasteiger partial charge in [-0.05, 0) is 6.42 Å². The maximum Gasteiger partial charge on any atom is 0.155 e. The number of rotatable bonds is 3. The molecular formula is C6H10O2. The second kappa shape index (κ2) is 2.62. The molecular weight excluding hydrogens is 104 g/mol. The lowest BCUT2D eigenvalue weighted by atomic mass is 10.0. The monoisotopic (exact) mass is 114 g/mol. The molecule has 1 unspecified atom stereocenters. The molecule has 0 aromatic heterocycles. The van der Waals surface area contributed by atoms with E-state index >= 15 is 0 Å². The number of aliphatic hydroxyl groups is 1. The minimum atomic E-state index is -1.29. The summed E-state index contributed by atoms with van der Waals surface area (Å²) in [5.41, 5.74) is -1.29. The van der Waals surface area contributed by atoms with Crippen LogP contribution in [0.1, 0.15) is 13.3 Å². The van der Waals surface area contributed by atoms with E-state index < -0.39 is 5.60 Å². The van der Waals surface area contributed by atoms with Crippen molar-refractivity contribution in [2.45, 2.75) is 18.9 Å². The van der Waals surface area contributed by atoms with Crippen molar-refractivity contribution in [2.24, 2.45) is 0 Å². The number of aldehydes is 1. The Hall–Kier alpha value is -0.630. The molecule has 0 aliphatic heterocycles. The molecule has 0 saturated heterocycles. The summed E-state index contributed by atoms with van der Waals surface area (Å²) >= 11 is 0. The quantitative estimate of drug-likeness (QED) is 0.429. The van der Waals surface area contributed by atoms with E-state index in [1.54, 1.807) is 6.92 Å². The summed E-state index contributed by atoms with van der Waals surface area (Å²) in [5.74, 6) is 0. The van der Waals surface area contributed by atoms with Crippen LogP contribution in [0, 0.1) is 0 Å². The molecule has 0 radical (unpaired) electrons. The van der Waals surface area contributed by atoms with Gasteiger partial charge in [0.25, 0.3) is 0 Å². The van der Waals surface area contributed by atoms with Crippen molar-refractivity contribution in [3.8, 4) is 0 Å². The van der Waals surface area contributed by atoms with Crippen LogP contribution in [0.2, 0.25) is 0 Å². The average molecular weight is 114 g/mol. The third-order valence-electron chi connectivity index (χ3n) is 1.12. The van der Waals surface area contributed by atoms with Crippen molar-refractivity contribution in [3.63, 3.8) is 0 Å². The Kier molecular flexibility index (Phi) is 2.42. The van der Waals surface area contributed by atoms with Gasteiger partial charge in [0.15, 0.2) is 6.29 Å². The van der Waals surface area contributed by atoms with Crippen LogP contribution in [0.3, 0.4) is 0 Å². The first-order valence-electron chi connectivity index (χ1n) is 2.51. The molecule has 0 rings (SSSR count). The second-order valence-corrected chi connectivity index (χ2v) is 1.67. The summed E-state index contributed by atoms with van der Waals surface area (Å²) in [4.78, 5) is 9.97. The maximum atomic E-state index is 9.97. The van der Waals surface area contributed by atoms with Crippen molar-refractivity contribution in [3.05, 3.63) is 12.7 Å². The van der Waals surface area contributed by atoms with Gasteiger partial charge in [0.1, 0.15) is 5.60 Å². The highest BCUT2D eigenvalue weighted by atomic mass is 16.3. The molecule has 0 amide bonds. The Balaban J connectivity index is 3.96. The van der Waals surface area contributed by atoms with Crippen LogP contribution >= 0.6 is 0 Å². The van der Waals surface area contributed by atoms with Crippen LogP contribution < -0.4 is 0 Å². The summed E-state index contributed by atoms with van der Waals surface area (Å²) in [6.45, 7) is 5.01. The highest BCUT2D eigenvalue weighted by Crippen LogP contribution is 2.05. The summed E-state index contributed by atoms with van der Waals surface area (Å²) in [5, 5.41) is 8.95. The predicted octanol–water partition coefficient (Wildman–Crippen LogP) is 0.512. The molecule has 0 saturated carbocycles. The summed E-state index contributed by atoms with van der Waals surface area (Å²) < 4.78 is 0. The highest BCUT2D eigenvalue weighted by molar-refractivity contribution is 5.65. The van der Waals surface area contributed by atoms with Gasteiger partial charge >= 0.3 is 0 Å². The zero-order chi connectivity index (χ0) is 6.62. The minimum absolute atomic E-state index is 0.389. The number of carbonyl (C=O) groups excluding carboxylic acids is 1. The molecule has 2 nitrogen and oxygen atoms in total. The molecule has 0 aliphatic carbocycles. The molecule has 0 bridgehead atoms. The minimum Gasteiger partial charge on any atom is -0.378 e. The van der Waals surface area contributed by atoms with Crippen molar-refractivity contribution >= 4 is 6.29 Å². The molecule has 2 heteroatoms. The predicted molar refractivity (Wildman–Crippen MR) is 31.5 cm³/mol. The third-order valence-corrected chi connectivity index (χ3v) is 1.12. The van der Waals surface area contributed by atoms with Crippen LogP contribution in [-0.2, 0) is 4.79 Å². The number of carbonyl (C=O) groups is 1. The Morgan fingerprint density at radius 1 is 1.88 bits per heavy atom. The first kappa shape index (κ1) is 7.37. The van der Waals surface area contributed by atoms with Crippen LogP contribution in [0.25, 0.3) is 0 Å². The van der Waals surface area contributed by atoms with Gasteiger partial charge in [0, 0.05) is 0 Å². The van der Waals surface area contributed by atoms with E-state index in [1.165, 1.54) is 6.08 Å². The van der Waals surface area contributed by atoms with E-state index in [4.69, 9.17) is 5.11 Å². The van der Waals surface area contributed by atoms with Gasteiger partial charge in [-0.25, -0.2) is 0 Å². The van der Waals surface area contributed by atoms with Crippen LogP contribution in [0.15, 0.2) is 12.7 Å². The number of hydrogen-bond donors (Lipinski definition) is 1. The second-order valence-electron chi connectivity index (χ2n) is 1.67. The van der Waals surface area contributed by atoms with Gasteiger partial charge in [0.2, 0.25) is 0 Å². The molecule has 0 aromatic rings. The largest absolute Gasteiger partial charge is 0.378 e. The SMILES string of the molecule is C=CC(O)(C=O)CC. The molecule has 0 heterocycles. The van der Waals surface area contributed by atoms with E-state index in [1.807, 2.05) is 0 Å². The fourth-order valence-corrected chi connectivity index (χ4v) is 0.276. The van der Waals surface area contributed by atoms with E-state index in [0.717, 1.165) is 0 Å². The lowest BCUT2D eigenvalue weighted by molar-refractivity contribution is -0.120. The molecule has 46 valence electrons. The lowest BCUT2D eigenvalue weighted by Gasteiger charge is -2.11. The van der Waals surface area contributed by atoms with Gasteiger partial charge < -0.3 is 5.11 Å². The summed E-state index contributed by atoms with van der Waals surface area (Å²) in [6.07, 6.45) is 2.11. The lowest BCUT2D eigenvalue weighted by Crippen LogP contribution is -2.25. The maximum absolute atomic E-state index is 9.97. The Bertz CT molecular complexity index is 88.7. The normalized spacial score (nSPS) is 16.8. The van der Waals surface area contributed by atoms with E-state index in [0.29, 0.717) is 12.7 Å². The molecule has 0 fully saturated rings. The summed E-state index contributed by atoms with van der Waals surface area (Å²) in [6, 6.07) is 0. The van der Waals surface area contributed by atoms with Crippen LogP contribution in [0.4, 0.5) is 0 Å². The Labute approximate surface area is 48.8 Å². The van der Waals surface area contributed by atoms with E-state index in [2.05, 4.69) is 6.58 Å². The van der Waals surface area contributed by atoms with Crippen LogP contribution in [-0.4, -0.2) is 17.0 Å². The number of hydrogen-bond acceptors (Lipinski definition) is 2. The molecule has 8 heavy (non-hydrogen) atoms. The van der Waals surface area contributed by atoms with Gasteiger partial charge in [0.05, 0.1) is 0 Å². The van der Waals surface area contributed by atoms with E-state index in [-0.39, 0.29) is 0 Å². The Morgan fingerprint density at radius 3 is 2.38 bits per heavy atom. The van der Waals surface area contributed by atoms with Crippen molar-refractivity contribution in [1.82, 2.24) is 0 Å². The van der Waals surface area contributed by atoms with Gasteiger partial charge in [-0.15, -0.1) is 0 Å². The first-order valence-corrected chi connectivity index (χ1v) is 2.51. The van der Waals surface area contributed by atoms with Gasteiger partial charge in [-0.3, -0.25) is 4.79 Å². The zero-order valence-corrected chi connectivity index (χ0v) is 4.92. The molecule has 0 aromatic carbocycles. The fourth-order valence-electron chi connectivity index (χ4n) is 0.276. The molecule has 1 atom stereocenters. The van der Waals surface area contributed by atoms with Crippen molar-refractivity contribution in [1.29, 1.82) is 0 Å². The smallest absolute Gasteiger partial charge is 0.155 e. The zero-order valence-electron chi connectivity index (χ0n) is 4.92. The first-order chi connectivity index (χ1) is 3.68. The molecule has 0 spiro atoms. The van der Waals surface area contributed by atoms with Crippen LogP contribution in [0.5, 0.6) is 0 Å². The van der Waals surface area contributed by atoms with Crippen molar-refractivity contribution < 1.29 is 9.90 Å².